The van der Waals surface area contributed by atoms with Gasteiger partial charge in [0.05, 0.1) is 33.3 Å². The second-order valence-corrected chi connectivity index (χ2v) is 16.6. The van der Waals surface area contributed by atoms with Crippen LogP contribution in [0.3, 0.4) is 0 Å². The zero-order valence-electron chi connectivity index (χ0n) is 34.7. The van der Waals surface area contributed by atoms with Crippen LogP contribution in [-0.2, 0) is 0 Å². The van der Waals surface area contributed by atoms with Crippen LogP contribution in [0.4, 0.5) is 0 Å². The summed E-state index contributed by atoms with van der Waals surface area (Å²) >= 11 is 0. The van der Waals surface area contributed by atoms with Gasteiger partial charge in [0.2, 0.25) is 0 Å². The molecule has 3 aromatic heterocycles. The first kappa shape index (κ1) is 36.1. The molecule has 0 N–H and O–H groups in total. The lowest BCUT2D eigenvalue weighted by atomic mass is 9.98. The van der Waals surface area contributed by atoms with Gasteiger partial charge in [-0.05, 0) is 88.3 Å². The molecule has 13 rings (SSSR count). The molecule has 0 atom stereocenters. The number of fused-ring (bicyclic) bond motifs is 9. The van der Waals surface area contributed by atoms with Crippen LogP contribution in [0, 0.1) is 0 Å². The summed E-state index contributed by atoms with van der Waals surface area (Å²) in [7, 11) is 0. The maximum Gasteiger partial charge on any atom is 0.160 e. The number of hydrogen-bond donors (Lipinski definition) is 0. The highest BCUT2D eigenvalue weighted by molar-refractivity contribution is 6.19. The third-order valence-corrected chi connectivity index (χ3v) is 12.9. The monoisotopic (exact) mass is 814 g/mol. The van der Waals surface area contributed by atoms with E-state index < -0.39 is 0 Å². The average molecular weight is 815 g/mol. The fraction of sp³-hybridized carbons (Fsp3) is 0. The van der Waals surface area contributed by atoms with Crippen LogP contribution in [0.15, 0.2) is 231 Å². The van der Waals surface area contributed by atoms with E-state index in [0.29, 0.717) is 5.82 Å². The highest BCUT2D eigenvalue weighted by Gasteiger charge is 2.18. The van der Waals surface area contributed by atoms with Gasteiger partial charge in [-0.2, -0.15) is 0 Å². The lowest BCUT2D eigenvalue weighted by molar-refractivity contribution is 1.18. The van der Waals surface area contributed by atoms with E-state index in [2.05, 4.69) is 240 Å². The summed E-state index contributed by atoms with van der Waals surface area (Å²) in [5, 5.41) is 8.45. The van der Waals surface area contributed by atoms with Crippen molar-refractivity contribution in [3.05, 3.63) is 231 Å². The van der Waals surface area contributed by atoms with E-state index in [-0.39, 0.29) is 0 Å². The van der Waals surface area contributed by atoms with Crippen LogP contribution in [0.25, 0.3) is 122 Å². The molecule has 4 heteroatoms. The van der Waals surface area contributed by atoms with Crippen LogP contribution in [0.5, 0.6) is 0 Å². The van der Waals surface area contributed by atoms with E-state index >= 15 is 0 Å². The maximum absolute atomic E-state index is 5.32. The van der Waals surface area contributed by atoms with Gasteiger partial charge in [0.15, 0.2) is 5.82 Å². The van der Waals surface area contributed by atoms with Crippen LogP contribution in [-0.4, -0.2) is 19.1 Å². The Kier molecular flexibility index (Phi) is 8.18. The molecule has 0 aliphatic carbocycles. The van der Waals surface area contributed by atoms with E-state index in [0.717, 1.165) is 55.8 Å². The molecule has 0 saturated carbocycles. The summed E-state index contributed by atoms with van der Waals surface area (Å²) in [6.07, 6.45) is 0. The Hall–Kier alpha value is -8.60. The van der Waals surface area contributed by atoms with Gasteiger partial charge in [0.25, 0.3) is 0 Å². The molecule has 0 spiro atoms. The Bertz CT molecular complexity index is 3920. The molecule has 0 saturated heterocycles. The topological polar surface area (TPSA) is 35.6 Å². The van der Waals surface area contributed by atoms with Gasteiger partial charge in [-0.3, -0.25) is 0 Å². The van der Waals surface area contributed by atoms with Crippen LogP contribution >= 0.6 is 0 Å². The minimum Gasteiger partial charge on any atom is -0.309 e. The molecule has 0 unspecified atom stereocenters. The molecule has 3 heterocycles. The summed E-state index contributed by atoms with van der Waals surface area (Å²) < 4.78 is 4.78. The van der Waals surface area contributed by atoms with E-state index in [1.165, 1.54) is 59.9 Å². The van der Waals surface area contributed by atoms with E-state index in [9.17, 15) is 0 Å². The molecule has 13 aromatic rings. The summed E-state index contributed by atoms with van der Waals surface area (Å²) in [5.74, 6) is 0.702. The molecule has 4 nitrogen and oxygen atoms in total. The fourth-order valence-electron chi connectivity index (χ4n) is 9.88. The fourth-order valence-corrected chi connectivity index (χ4v) is 9.88. The van der Waals surface area contributed by atoms with Crippen LogP contribution in [0.1, 0.15) is 0 Å². The van der Waals surface area contributed by atoms with Gasteiger partial charge in [0.1, 0.15) is 0 Å². The number of para-hydroxylation sites is 3. The number of benzene rings is 10. The first-order valence-corrected chi connectivity index (χ1v) is 21.8. The Morgan fingerprint density at radius 1 is 0.281 bits per heavy atom. The maximum atomic E-state index is 5.32. The van der Waals surface area contributed by atoms with Crippen molar-refractivity contribution < 1.29 is 0 Å². The standard InChI is InChI=1S/C60H38N4/c1-4-15-41(16-5-1)58-53-37-44(45-29-32-50-49-22-12-13-23-55(49)63(57(50)38-45)46-17-6-2-7-18-46)30-34-54(53)61-60(62-58)42-26-24-39(25-27-42)43-31-35-56-52(36-43)51-33-28-40-14-10-11-21-48(40)59(51)64(56)47-19-8-3-9-20-47/h1-38H. The molecular weight excluding hydrogens is 777 g/mol. The molecule has 10 aromatic carbocycles. The molecule has 64 heavy (non-hydrogen) atoms. The first-order chi connectivity index (χ1) is 31.7. The minimum atomic E-state index is 0.702. The Balaban J connectivity index is 0.905. The van der Waals surface area contributed by atoms with Crippen molar-refractivity contribution in [2.24, 2.45) is 0 Å². The molecule has 298 valence electrons. The molecule has 0 aliphatic heterocycles. The summed E-state index contributed by atoms with van der Waals surface area (Å²) in [4.78, 5) is 10.5. The van der Waals surface area contributed by atoms with Crippen molar-refractivity contribution in [1.29, 1.82) is 0 Å². The molecule has 0 aliphatic rings. The van der Waals surface area contributed by atoms with Crippen molar-refractivity contribution in [3.8, 4) is 56.3 Å². The van der Waals surface area contributed by atoms with Gasteiger partial charge in [-0.25, -0.2) is 9.97 Å². The normalized spacial score (nSPS) is 11.8. The summed E-state index contributed by atoms with van der Waals surface area (Å²) in [5.41, 5.74) is 15.5. The zero-order chi connectivity index (χ0) is 42.1. The lowest BCUT2D eigenvalue weighted by Crippen LogP contribution is -1.96. The van der Waals surface area contributed by atoms with Crippen molar-refractivity contribution in [3.63, 3.8) is 0 Å². The van der Waals surface area contributed by atoms with Gasteiger partial charge in [0, 0.05) is 54.8 Å². The minimum absolute atomic E-state index is 0.702. The van der Waals surface area contributed by atoms with Crippen molar-refractivity contribution in [1.82, 2.24) is 19.1 Å². The highest BCUT2D eigenvalue weighted by Crippen LogP contribution is 2.40. The summed E-state index contributed by atoms with van der Waals surface area (Å²) in [6, 6.07) is 82.7. The number of rotatable bonds is 6. The number of nitrogens with zero attached hydrogens (tertiary/aromatic N) is 4. The van der Waals surface area contributed by atoms with Gasteiger partial charge >= 0.3 is 0 Å². The van der Waals surface area contributed by atoms with Crippen molar-refractivity contribution in [2.75, 3.05) is 0 Å². The SMILES string of the molecule is c1ccc(-c2nc(-c3ccc(-c4ccc5c(c4)c4ccc6ccccc6c4n5-c4ccccc4)cc3)nc3ccc(-c4ccc5c6ccccc6n(-c6ccccc6)c5c4)cc23)cc1. The van der Waals surface area contributed by atoms with E-state index in [4.69, 9.17) is 9.97 Å². The van der Waals surface area contributed by atoms with Crippen LogP contribution < -0.4 is 0 Å². The molecule has 0 bridgehead atoms. The third-order valence-electron chi connectivity index (χ3n) is 12.9. The van der Waals surface area contributed by atoms with Gasteiger partial charge < -0.3 is 9.13 Å². The van der Waals surface area contributed by atoms with Crippen LogP contribution in [0.2, 0.25) is 0 Å². The Labute approximate surface area is 369 Å². The van der Waals surface area contributed by atoms with E-state index in [1.54, 1.807) is 0 Å². The van der Waals surface area contributed by atoms with Crippen molar-refractivity contribution >= 4 is 65.3 Å². The Morgan fingerprint density at radius 3 is 1.62 bits per heavy atom. The lowest BCUT2D eigenvalue weighted by Gasteiger charge is -2.12. The highest BCUT2D eigenvalue weighted by atomic mass is 15.0. The molecule has 0 fully saturated rings. The predicted octanol–water partition coefficient (Wildman–Crippen LogP) is 15.6. The van der Waals surface area contributed by atoms with E-state index in [1.807, 2.05) is 0 Å². The first-order valence-electron chi connectivity index (χ1n) is 21.8. The average Bonchev–Trinajstić information content (AvgIpc) is 3.89. The molecular formula is C60H38N4. The summed E-state index contributed by atoms with van der Waals surface area (Å²) in [6.45, 7) is 0. The molecule has 0 radical (unpaired) electrons. The van der Waals surface area contributed by atoms with Crippen molar-refractivity contribution in [2.45, 2.75) is 0 Å². The smallest absolute Gasteiger partial charge is 0.160 e. The third kappa shape index (κ3) is 5.77. The second-order valence-electron chi connectivity index (χ2n) is 16.6. The number of hydrogen-bond acceptors (Lipinski definition) is 2. The van der Waals surface area contributed by atoms with Gasteiger partial charge in [-0.1, -0.05) is 170 Å². The Morgan fingerprint density at radius 2 is 0.828 bits per heavy atom. The molecule has 0 amide bonds. The largest absolute Gasteiger partial charge is 0.309 e. The quantitative estimate of drug-likeness (QED) is 0.168. The zero-order valence-corrected chi connectivity index (χ0v) is 34.7. The second kappa shape index (κ2) is 14.5. The predicted molar refractivity (Wildman–Crippen MR) is 267 cm³/mol. The number of aromatic nitrogens is 4. The van der Waals surface area contributed by atoms with Gasteiger partial charge in [-0.15, -0.1) is 0 Å².